The first-order chi connectivity index (χ1) is 16.4. The fourth-order valence-electron chi connectivity index (χ4n) is 5.65. The third-order valence-corrected chi connectivity index (χ3v) is 7.50. The number of halogens is 1. The molecule has 2 fully saturated rings. The van der Waals surface area contributed by atoms with Crippen LogP contribution in [0.5, 0.6) is 5.88 Å². The summed E-state index contributed by atoms with van der Waals surface area (Å²) in [6, 6.07) is 3.27. The van der Waals surface area contributed by atoms with Gasteiger partial charge in [0.05, 0.1) is 24.3 Å². The molecule has 4 aliphatic rings. The number of piperidine rings is 1. The van der Waals surface area contributed by atoms with E-state index < -0.39 is 17.4 Å². The number of esters is 1. The van der Waals surface area contributed by atoms with Gasteiger partial charge in [0.15, 0.2) is 0 Å². The minimum Gasteiger partial charge on any atom is -0.493 e. The smallest absolute Gasteiger partial charge is 0.339 e. The summed E-state index contributed by atoms with van der Waals surface area (Å²) in [6.45, 7) is 4.34. The van der Waals surface area contributed by atoms with Crippen LogP contribution in [0.2, 0.25) is 0 Å². The molecule has 10 heteroatoms. The molecule has 0 amide bonds. The van der Waals surface area contributed by atoms with E-state index in [-0.39, 0.29) is 5.88 Å². The van der Waals surface area contributed by atoms with Crippen molar-refractivity contribution in [3.8, 4) is 5.88 Å². The van der Waals surface area contributed by atoms with Gasteiger partial charge < -0.3 is 29.3 Å². The SMILES string of the molecule is CN1CCCc2c(O)nc(N3CCC4(CC3)OC(=O)c3cc(N5CCOCC5)cc(F)c34)nc21. The van der Waals surface area contributed by atoms with Crippen molar-refractivity contribution in [2.75, 3.05) is 67.7 Å². The van der Waals surface area contributed by atoms with E-state index in [0.717, 1.165) is 30.8 Å². The monoisotopic (exact) mass is 469 g/mol. The number of hydrogen-bond donors (Lipinski definition) is 1. The highest BCUT2D eigenvalue weighted by Crippen LogP contribution is 2.47. The number of benzene rings is 1. The van der Waals surface area contributed by atoms with Crippen LogP contribution in [-0.4, -0.2) is 74.0 Å². The standard InChI is InChI=1S/C24H28FN5O4/c1-28-6-2-3-16-20(28)26-23(27-21(16)31)30-7-4-24(5-8-30)19-17(22(32)34-24)13-15(14-18(19)25)29-9-11-33-12-10-29/h13-14H,2-12H2,1H3,(H,26,27,31). The summed E-state index contributed by atoms with van der Waals surface area (Å²) in [7, 11) is 1.96. The number of nitrogens with zero attached hydrogens (tertiary/aromatic N) is 5. The van der Waals surface area contributed by atoms with Gasteiger partial charge in [-0.1, -0.05) is 0 Å². The molecule has 34 heavy (non-hydrogen) atoms. The Morgan fingerprint density at radius 3 is 2.59 bits per heavy atom. The third kappa shape index (κ3) is 3.34. The van der Waals surface area contributed by atoms with Gasteiger partial charge in [-0.15, -0.1) is 0 Å². The number of aromatic hydroxyl groups is 1. The van der Waals surface area contributed by atoms with Gasteiger partial charge in [-0.25, -0.2) is 9.18 Å². The quantitative estimate of drug-likeness (QED) is 0.665. The lowest BCUT2D eigenvalue weighted by atomic mass is 9.83. The average Bonchev–Trinajstić information content (AvgIpc) is 3.12. The summed E-state index contributed by atoms with van der Waals surface area (Å²) in [5.41, 5.74) is 1.17. The first kappa shape index (κ1) is 21.4. The van der Waals surface area contributed by atoms with Gasteiger partial charge in [0.25, 0.3) is 0 Å². The van der Waals surface area contributed by atoms with Crippen LogP contribution in [0, 0.1) is 5.82 Å². The number of morpholine rings is 1. The lowest BCUT2D eigenvalue weighted by molar-refractivity contribution is -0.0225. The molecule has 0 atom stereocenters. The number of aromatic nitrogens is 2. The third-order valence-electron chi connectivity index (χ3n) is 7.50. The summed E-state index contributed by atoms with van der Waals surface area (Å²) >= 11 is 0. The molecule has 0 aliphatic carbocycles. The number of carbonyl (C=O) groups is 1. The van der Waals surface area contributed by atoms with Gasteiger partial charge in [0.2, 0.25) is 11.8 Å². The first-order valence-electron chi connectivity index (χ1n) is 11.9. The summed E-state index contributed by atoms with van der Waals surface area (Å²) in [5, 5.41) is 10.5. The Bertz CT molecular complexity index is 1140. The van der Waals surface area contributed by atoms with Crippen LogP contribution in [0.4, 0.5) is 21.8 Å². The Hall–Kier alpha value is -3.14. The second-order valence-corrected chi connectivity index (χ2v) is 9.49. The van der Waals surface area contributed by atoms with Crippen LogP contribution in [0.25, 0.3) is 0 Å². The molecule has 0 saturated carbocycles. The van der Waals surface area contributed by atoms with Crippen molar-refractivity contribution in [1.82, 2.24) is 9.97 Å². The van der Waals surface area contributed by atoms with E-state index in [0.29, 0.717) is 75.0 Å². The Kier molecular flexibility index (Phi) is 5.02. The van der Waals surface area contributed by atoms with Gasteiger partial charge in [0, 0.05) is 63.9 Å². The Morgan fingerprint density at radius 1 is 1.06 bits per heavy atom. The van der Waals surface area contributed by atoms with Gasteiger partial charge in [-0.3, -0.25) is 0 Å². The maximum Gasteiger partial charge on any atom is 0.339 e. The number of rotatable bonds is 2. The fraction of sp³-hybridized carbons (Fsp3) is 0.542. The normalized spacial score (nSPS) is 21.5. The Labute approximate surface area is 197 Å². The van der Waals surface area contributed by atoms with Gasteiger partial charge in [0.1, 0.15) is 17.2 Å². The zero-order valence-corrected chi connectivity index (χ0v) is 19.2. The van der Waals surface area contributed by atoms with Crippen LogP contribution in [0.3, 0.4) is 0 Å². The van der Waals surface area contributed by atoms with Crippen LogP contribution in [0.15, 0.2) is 12.1 Å². The lowest BCUT2D eigenvalue weighted by Crippen LogP contribution is -2.44. The van der Waals surface area contributed by atoms with E-state index in [2.05, 4.69) is 4.98 Å². The van der Waals surface area contributed by atoms with Crippen molar-refractivity contribution < 1.29 is 23.8 Å². The number of hydrogen-bond acceptors (Lipinski definition) is 9. The molecule has 4 aliphatic heterocycles. The largest absolute Gasteiger partial charge is 0.493 e. The molecule has 9 nitrogen and oxygen atoms in total. The highest BCUT2D eigenvalue weighted by molar-refractivity contribution is 5.96. The predicted octanol–water partition coefficient (Wildman–Crippen LogP) is 2.21. The molecule has 0 unspecified atom stereocenters. The molecule has 1 spiro atoms. The highest BCUT2D eigenvalue weighted by Gasteiger charge is 2.50. The van der Waals surface area contributed by atoms with Gasteiger partial charge >= 0.3 is 5.97 Å². The maximum atomic E-state index is 15.4. The molecule has 2 saturated heterocycles. The molecule has 2 aromatic rings. The predicted molar refractivity (Wildman–Crippen MR) is 123 cm³/mol. The van der Waals surface area contributed by atoms with Crippen molar-refractivity contribution in [2.24, 2.45) is 0 Å². The second-order valence-electron chi connectivity index (χ2n) is 9.49. The molecule has 6 rings (SSSR count). The van der Waals surface area contributed by atoms with Crippen LogP contribution in [0.1, 0.15) is 40.7 Å². The lowest BCUT2D eigenvalue weighted by Gasteiger charge is -2.39. The molecule has 1 aromatic carbocycles. The summed E-state index contributed by atoms with van der Waals surface area (Å²) in [5.74, 6) is 0.358. The number of anilines is 3. The van der Waals surface area contributed by atoms with Crippen molar-refractivity contribution in [1.29, 1.82) is 0 Å². The van der Waals surface area contributed by atoms with E-state index >= 15 is 4.39 Å². The van der Waals surface area contributed by atoms with E-state index in [1.165, 1.54) is 6.07 Å². The zero-order valence-electron chi connectivity index (χ0n) is 19.2. The zero-order chi connectivity index (χ0) is 23.4. The molecule has 1 aromatic heterocycles. The van der Waals surface area contributed by atoms with Crippen LogP contribution in [-0.2, 0) is 21.5 Å². The highest BCUT2D eigenvalue weighted by atomic mass is 19.1. The topological polar surface area (TPSA) is 91.3 Å². The maximum absolute atomic E-state index is 15.4. The van der Waals surface area contributed by atoms with E-state index in [1.54, 1.807) is 6.07 Å². The van der Waals surface area contributed by atoms with Crippen molar-refractivity contribution in [2.45, 2.75) is 31.3 Å². The van der Waals surface area contributed by atoms with E-state index in [9.17, 15) is 9.90 Å². The molecule has 0 radical (unpaired) electrons. The fourth-order valence-corrected chi connectivity index (χ4v) is 5.65. The van der Waals surface area contributed by atoms with Crippen molar-refractivity contribution >= 4 is 23.4 Å². The van der Waals surface area contributed by atoms with Crippen LogP contribution < -0.4 is 14.7 Å². The van der Waals surface area contributed by atoms with Gasteiger partial charge in [-0.2, -0.15) is 9.97 Å². The molecular formula is C24H28FN5O4. The molecule has 1 N–H and O–H groups in total. The Balaban J connectivity index is 1.26. The van der Waals surface area contributed by atoms with Crippen molar-refractivity contribution in [3.63, 3.8) is 0 Å². The van der Waals surface area contributed by atoms with Gasteiger partial charge in [-0.05, 0) is 25.0 Å². The summed E-state index contributed by atoms with van der Waals surface area (Å²) < 4.78 is 26.7. The van der Waals surface area contributed by atoms with Crippen molar-refractivity contribution in [3.05, 3.63) is 34.6 Å². The summed E-state index contributed by atoms with van der Waals surface area (Å²) in [4.78, 5) is 27.9. The molecule has 180 valence electrons. The second kappa shape index (κ2) is 7.97. The molecule has 0 bridgehead atoms. The van der Waals surface area contributed by atoms with E-state index in [4.69, 9.17) is 14.5 Å². The molecule has 5 heterocycles. The number of fused-ring (bicyclic) bond motifs is 3. The summed E-state index contributed by atoms with van der Waals surface area (Å²) in [6.07, 6.45) is 2.57. The number of carbonyl (C=O) groups excluding carboxylic acids is 1. The average molecular weight is 470 g/mol. The first-order valence-corrected chi connectivity index (χ1v) is 11.9. The van der Waals surface area contributed by atoms with E-state index in [1.807, 2.05) is 21.7 Å². The van der Waals surface area contributed by atoms with Crippen LogP contribution >= 0.6 is 0 Å². The minimum atomic E-state index is -0.983. The number of ether oxygens (including phenoxy) is 2. The Morgan fingerprint density at radius 2 is 1.82 bits per heavy atom. The molecular weight excluding hydrogens is 441 g/mol. The minimum absolute atomic E-state index is 0.0196.